The molecule has 7 nitrogen and oxygen atoms in total. The van der Waals surface area contributed by atoms with Gasteiger partial charge in [-0.3, -0.25) is 14.5 Å². The van der Waals surface area contributed by atoms with Gasteiger partial charge in [-0.25, -0.2) is 0 Å². The summed E-state index contributed by atoms with van der Waals surface area (Å²) in [7, 11) is 3.04. The molecule has 0 aliphatic carbocycles. The highest BCUT2D eigenvalue weighted by molar-refractivity contribution is 6.52. The van der Waals surface area contributed by atoms with Crippen LogP contribution in [0.3, 0.4) is 0 Å². The number of aliphatic hydroxyl groups is 1. The van der Waals surface area contributed by atoms with E-state index in [9.17, 15) is 14.7 Å². The lowest BCUT2D eigenvalue weighted by Crippen LogP contribution is -2.29. The maximum Gasteiger partial charge on any atom is 0.300 e. The summed E-state index contributed by atoms with van der Waals surface area (Å²) in [4.78, 5) is 28.5. The third-order valence-electron chi connectivity index (χ3n) is 6.62. The third kappa shape index (κ3) is 4.22. The van der Waals surface area contributed by atoms with Crippen molar-refractivity contribution < 1.29 is 28.9 Å². The molecular weight excluding hydrogens is 482 g/mol. The Labute approximate surface area is 220 Å². The number of para-hydroxylation sites is 2. The fourth-order valence-electron chi connectivity index (χ4n) is 4.85. The minimum atomic E-state index is -0.942. The van der Waals surface area contributed by atoms with Gasteiger partial charge in [0.05, 0.1) is 38.1 Å². The molecule has 0 radical (unpaired) electrons. The molecular formula is C31H27NO6. The first-order chi connectivity index (χ1) is 18.5. The van der Waals surface area contributed by atoms with Crippen LogP contribution in [0, 0.1) is 0 Å². The van der Waals surface area contributed by atoms with Crippen molar-refractivity contribution in [2.75, 3.05) is 25.7 Å². The van der Waals surface area contributed by atoms with E-state index in [1.807, 2.05) is 37.3 Å². The van der Waals surface area contributed by atoms with Crippen molar-refractivity contribution in [3.05, 3.63) is 102 Å². The number of hydrogen-bond acceptors (Lipinski definition) is 6. The number of hydrogen-bond donors (Lipinski definition) is 1. The predicted octanol–water partition coefficient (Wildman–Crippen LogP) is 5.88. The van der Waals surface area contributed by atoms with Crippen molar-refractivity contribution in [3.8, 4) is 17.2 Å². The molecule has 0 bridgehead atoms. The minimum absolute atomic E-state index is 0.0243. The SMILES string of the molecule is CCOc1cc(C2/C(=C(\O)c3ccc4ccccc4c3)C(=O)C(=O)N2c2ccccc2OC)ccc1OC. The predicted molar refractivity (Wildman–Crippen MR) is 146 cm³/mol. The Morgan fingerprint density at radius 2 is 1.53 bits per heavy atom. The standard InChI is InChI=1S/C31H27NO6/c1-4-38-26-18-21(15-16-25(26)37-3)28-27(29(33)22-14-13-19-9-5-6-10-20(19)17-22)30(34)31(35)32(28)23-11-7-8-12-24(23)36-2/h5-18,28,33H,4H2,1-3H3/b29-27+. The second kappa shape index (κ2) is 10.3. The molecule has 1 N–H and O–H groups in total. The number of carbonyl (C=O) groups is 2. The summed E-state index contributed by atoms with van der Waals surface area (Å²) in [5.74, 6) is -0.423. The molecule has 1 amide bonds. The summed E-state index contributed by atoms with van der Waals surface area (Å²) in [5.41, 5.74) is 1.39. The highest BCUT2D eigenvalue weighted by Crippen LogP contribution is 2.46. The van der Waals surface area contributed by atoms with Gasteiger partial charge >= 0.3 is 0 Å². The molecule has 5 rings (SSSR count). The van der Waals surface area contributed by atoms with Gasteiger partial charge in [0, 0.05) is 5.56 Å². The number of methoxy groups -OCH3 is 2. The first-order valence-corrected chi connectivity index (χ1v) is 12.2. The monoisotopic (exact) mass is 509 g/mol. The number of ketones is 1. The topological polar surface area (TPSA) is 85.3 Å². The Kier molecular flexibility index (Phi) is 6.75. The molecule has 1 aliphatic heterocycles. The van der Waals surface area contributed by atoms with Crippen LogP contribution < -0.4 is 19.1 Å². The smallest absolute Gasteiger partial charge is 0.300 e. The lowest BCUT2D eigenvalue weighted by atomic mass is 9.94. The number of carbonyl (C=O) groups excluding carboxylic acids is 2. The number of ether oxygens (including phenoxy) is 3. The summed E-state index contributed by atoms with van der Waals surface area (Å²) in [6.07, 6.45) is 0. The van der Waals surface area contributed by atoms with Gasteiger partial charge in [0.15, 0.2) is 11.5 Å². The molecule has 38 heavy (non-hydrogen) atoms. The summed E-state index contributed by atoms with van der Waals surface area (Å²) in [6, 6.07) is 24.4. The molecule has 1 saturated heterocycles. The van der Waals surface area contributed by atoms with Crippen LogP contribution in [-0.2, 0) is 9.59 Å². The van der Waals surface area contributed by atoms with E-state index >= 15 is 0 Å². The Bertz CT molecular complexity index is 1570. The molecule has 1 unspecified atom stereocenters. The van der Waals surface area contributed by atoms with Crippen LogP contribution >= 0.6 is 0 Å². The van der Waals surface area contributed by atoms with Gasteiger partial charge in [0.25, 0.3) is 11.7 Å². The van der Waals surface area contributed by atoms with Gasteiger partial charge in [-0.15, -0.1) is 0 Å². The van der Waals surface area contributed by atoms with Crippen molar-refractivity contribution in [1.82, 2.24) is 0 Å². The summed E-state index contributed by atoms with van der Waals surface area (Å²) in [6.45, 7) is 2.25. The number of anilines is 1. The Morgan fingerprint density at radius 3 is 2.26 bits per heavy atom. The quantitative estimate of drug-likeness (QED) is 0.190. The van der Waals surface area contributed by atoms with Crippen molar-refractivity contribution >= 4 is 33.9 Å². The van der Waals surface area contributed by atoms with Crippen LogP contribution in [-0.4, -0.2) is 37.6 Å². The molecule has 4 aromatic carbocycles. The Balaban J connectivity index is 1.76. The van der Waals surface area contributed by atoms with E-state index in [1.54, 1.807) is 54.6 Å². The van der Waals surface area contributed by atoms with Crippen LogP contribution in [0.5, 0.6) is 17.2 Å². The maximum atomic E-state index is 13.6. The molecule has 1 aliphatic rings. The first-order valence-electron chi connectivity index (χ1n) is 12.2. The molecule has 4 aromatic rings. The van der Waals surface area contributed by atoms with Crippen molar-refractivity contribution in [3.63, 3.8) is 0 Å². The first kappa shape index (κ1) is 24.9. The van der Waals surface area contributed by atoms with E-state index in [2.05, 4.69) is 0 Å². The lowest BCUT2D eigenvalue weighted by Gasteiger charge is -2.27. The Morgan fingerprint density at radius 1 is 0.816 bits per heavy atom. The second-order valence-electron chi connectivity index (χ2n) is 8.75. The highest BCUT2D eigenvalue weighted by atomic mass is 16.5. The number of benzene rings is 4. The summed E-state index contributed by atoms with van der Waals surface area (Å²) < 4.78 is 16.7. The number of fused-ring (bicyclic) bond motifs is 1. The average Bonchev–Trinajstić information content (AvgIpc) is 3.22. The number of Topliss-reactive ketones (excluding diaryl/α,β-unsaturated/α-hetero) is 1. The van der Waals surface area contributed by atoms with Crippen LogP contribution in [0.1, 0.15) is 24.1 Å². The highest BCUT2D eigenvalue weighted by Gasteiger charge is 2.48. The van der Waals surface area contributed by atoms with E-state index in [1.165, 1.54) is 19.1 Å². The fraction of sp³-hybridized carbons (Fsp3) is 0.161. The van der Waals surface area contributed by atoms with Crippen LogP contribution in [0.2, 0.25) is 0 Å². The number of amides is 1. The van der Waals surface area contributed by atoms with Crippen LogP contribution in [0.25, 0.3) is 16.5 Å². The maximum absolute atomic E-state index is 13.6. The zero-order valence-corrected chi connectivity index (χ0v) is 21.3. The normalized spacial score (nSPS) is 16.6. The van der Waals surface area contributed by atoms with Gasteiger partial charge < -0.3 is 19.3 Å². The Hall–Kier alpha value is -4.78. The van der Waals surface area contributed by atoms with Crippen molar-refractivity contribution in [2.45, 2.75) is 13.0 Å². The van der Waals surface area contributed by atoms with Gasteiger partial charge in [-0.2, -0.15) is 0 Å². The second-order valence-corrected chi connectivity index (χ2v) is 8.75. The number of rotatable bonds is 7. The number of aliphatic hydroxyl groups excluding tert-OH is 1. The van der Waals surface area contributed by atoms with Crippen LogP contribution in [0.15, 0.2) is 90.5 Å². The van der Waals surface area contributed by atoms with Gasteiger partial charge in [-0.05, 0) is 53.6 Å². The zero-order chi connectivity index (χ0) is 26.8. The molecule has 0 spiro atoms. The molecule has 0 aromatic heterocycles. The molecule has 1 heterocycles. The van der Waals surface area contributed by atoms with E-state index in [4.69, 9.17) is 14.2 Å². The molecule has 7 heteroatoms. The fourth-order valence-corrected chi connectivity index (χ4v) is 4.85. The lowest BCUT2D eigenvalue weighted by molar-refractivity contribution is -0.132. The largest absolute Gasteiger partial charge is 0.507 e. The summed E-state index contributed by atoms with van der Waals surface area (Å²) >= 11 is 0. The molecule has 0 saturated carbocycles. The van der Waals surface area contributed by atoms with Gasteiger partial charge in [0.1, 0.15) is 11.5 Å². The molecule has 1 fully saturated rings. The van der Waals surface area contributed by atoms with Gasteiger partial charge in [0.2, 0.25) is 0 Å². The van der Waals surface area contributed by atoms with Crippen molar-refractivity contribution in [1.29, 1.82) is 0 Å². The van der Waals surface area contributed by atoms with E-state index in [-0.39, 0.29) is 11.3 Å². The minimum Gasteiger partial charge on any atom is -0.507 e. The summed E-state index contributed by atoms with van der Waals surface area (Å²) in [5, 5.41) is 13.4. The van der Waals surface area contributed by atoms with E-state index in [0.29, 0.717) is 40.7 Å². The average molecular weight is 510 g/mol. The zero-order valence-electron chi connectivity index (χ0n) is 21.3. The third-order valence-corrected chi connectivity index (χ3v) is 6.62. The van der Waals surface area contributed by atoms with E-state index < -0.39 is 17.7 Å². The van der Waals surface area contributed by atoms with Crippen LogP contribution in [0.4, 0.5) is 5.69 Å². The van der Waals surface area contributed by atoms with Crippen molar-refractivity contribution in [2.24, 2.45) is 0 Å². The van der Waals surface area contributed by atoms with E-state index in [0.717, 1.165) is 10.8 Å². The molecule has 1 atom stereocenters. The van der Waals surface area contributed by atoms with Gasteiger partial charge in [-0.1, -0.05) is 54.6 Å². The molecule has 192 valence electrons. The number of nitrogens with zero attached hydrogens (tertiary/aromatic N) is 1.